The average molecular weight is 1180 g/mol. The number of amides is 4. The fourth-order valence-electron chi connectivity index (χ4n) is 9.21. The van der Waals surface area contributed by atoms with Crippen LogP contribution in [0.5, 0.6) is 28.7 Å². The van der Waals surface area contributed by atoms with Crippen LogP contribution in [0.25, 0.3) is 11.1 Å². The summed E-state index contributed by atoms with van der Waals surface area (Å²) in [5, 5.41) is 22.7. The zero-order chi connectivity index (χ0) is 57.0. The molecule has 0 aromatic heterocycles. The lowest BCUT2D eigenvalue weighted by molar-refractivity contribution is -0.135. The van der Waals surface area contributed by atoms with Crippen molar-refractivity contribution in [3.63, 3.8) is 0 Å². The molecule has 9 rings (SSSR count). The Hall–Kier alpha value is -6.71. The molecule has 4 heterocycles. The maximum Gasteiger partial charge on any atom is 0.408 e. The highest BCUT2D eigenvalue weighted by molar-refractivity contribution is 9.10. The van der Waals surface area contributed by atoms with E-state index in [4.69, 9.17) is 44.4 Å². The molecule has 18 nitrogen and oxygen atoms in total. The number of benzene rings is 5. The standard InChI is InChI=1S/C58H69BrClN7O11Si/c1-57(2,3)77-56(71)64-49-36-26-40(59)50(65-66-67-23-15-16-24-67)46(28-36)76-44-22-20-35(27-41(44)60)52(78-79(10,11)58(4,5)6)51-55(70)61-42(32-75-31-33-17-13-12-14-18-33)38-29-37(72-7)30-45(74-9)47(38)39-25-34(19-21-43(39)73-8)48(53(68)63-51)62-54(49)69/h12-14,17-22,25-30,42,48-49,51-52H,15-16,23-24,31-32H2,1-11H3,(H,61,70)(H,62,69)(H,63,68)(H,64,71)/t42-,48+,49-,51+,52-/m1/s1. The lowest BCUT2D eigenvalue weighted by Gasteiger charge is -2.42. The smallest absolute Gasteiger partial charge is 0.408 e. The Kier molecular flexibility index (Phi) is 18.0. The molecule has 4 aliphatic heterocycles. The summed E-state index contributed by atoms with van der Waals surface area (Å²) >= 11 is 11.0. The molecule has 0 unspecified atom stereocenters. The Balaban J connectivity index is 1.41. The van der Waals surface area contributed by atoms with Gasteiger partial charge in [0, 0.05) is 34.8 Å². The van der Waals surface area contributed by atoms with Gasteiger partial charge in [0.2, 0.25) is 17.7 Å². The van der Waals surface area contributed by atoms with Gasteiger partial charge in [-0.3, -0.25) is 19.4 Å². The third-order valence-corrected chi connectivity index (χ3v) is 19.7. The number of nitrogens with one attached hydrogen (secondary N) is 4. The highest BCUT2D eigenvalue weighted by Crippen LogP contribution is 2.48. The van der Waals surface area contributed by atoms with Gasteiger partial charge < -0.3 is 54.1 Å². The van der Waals surface area contributed by atoms with E-state index >= 15 is 14.4 Å². The summed E-state index contributed by atoms with van der Waals surface area (Å²) in [7, 11) is 1.64. The molecule has 79 heavy (non-hydrogen) atoms. The maximum atomic E-state index is 15.9. The zero-order valence-corrected chi connectivity index (χ0v) is 49.7. The summed E-state index contributed by atoms with van der Waals surface area (Å²) in [5.74, 6) is -0.923. The molecule has 1 fully saturated rings. The van der Waals surface area contributed by atoms with E-state index in [2.05, 4.69) is 68.3 Å². The number of fused-ring (bicyclic) bond motifs is 8. The van der Waals surface area contributed by atoms with E-state index in [-0.39, 0.29) is 46.5 Å². The van der Waals surface area contributed by atoms with Crippen LogP contribution in [-0.2, 0) is 34.9 Å². The van der Waals surface area contributed by atoms with Crippen LogP contribution in [0.15, 0.2) is 106 Å². The SMILES string of the molecule is COc1cc(OC)c2c(c1)[C@@H](COCc1ccccc1)NC(=O)[C@H]1NC(=O)[C@@H](NC(=O)[C@H](NC(=O)OC(C)(C)C)c3cc(Br)c(N=NN4CCCC4)c(c3)Oc3ccc(cc3Cl)[C@H]1O[Si](C)(C)C(C)(C)C)c1ccc(OC)c-2c1. The van der Waals surface area contributed by atoms with Crippen molar-refractivity contribution < 1.29 is 52.0 Å². The van der Waals surface area contributed by atoms with E-state index in [9.17, 15) is 4.79 Å². The molecule has 5 aromatic rings. The highest BCUT2D eigenvalue weighted by atomic mass is 79.9. The molecule has 4 N–H and O–H groups in total. The highest BCUT2D eigenvalue weighted by Gasteiger charge is 2.45. The monoisotopic (exact) mass is 1180 g/mol. The molecular weight excluding hydrogens is 1110 g/mol. The fourth-order valence-corrected chi connectivity index (χ4v) is 11.2. The summed E-state index contributed by atoms with van der Waals surface area (Å²) in [6.07, 6.45) is -0.241. The molecule has 420 valence electrons. The van der Waals surface area contributed by atoms with E-state index in [1.165, 1.54) is 21.3 Å². The lowest BCUT2D eigenvalue weighted by atomic mass is 9.89. The molecule has 4 aliphatic rings. The van der Waals surface area contributed by atoms with Gasteiger partial charge in [0.05, 0.1) is 51.7 Å². The first-order chi connectivity index (χ1) is 37.5. The summed E-state index contributed by atoms with van der Waals surface area (Å²) in [6, 6.07) is 20.7. The zero-order valence-electron chi connectivity index (χ0n) is 46.4. The van der Waals surface area contributed by atoms with Crippen LogP contribution < -0.4 is 40.2 Å². The minimum Gasteiger partial charge on any atom is -0.497 e. The van der Waals surface area contributed by atoms with Gasteiger partial charge in [-0.2, -0.15) is 0 Å². The third kappa shape index (κ3) is 13.7. The molecule has 21 heteroatoms. The average Bonchev–Trinajstić information content (AvgIpc) is 3.95. The van der Waals surface area contributed by atoms with E-state index in [0.717, 1.165) is 18.4 Å². The van der Waals surface area contributed by atoms with Crippen molar-refractivity contribution in [1.82, 2.24) is 26.3 Å². The van der Waals surface area contributed by atoms with E-state index in [1.54, 1.807) is 81.4 Å². The van der Waals surface area contributed by atoms with Gasteiger partial charge in [0.15, 0.2) is 14.1 Å². The van der Waals surface area contributed by atoms with Crippen LogP contribution in [0.1, 0.15) is 106 Å². The van der Waals surface area contributed by atoms with Crippen LogP contribution in [0.3, 0.4) is 0 Å². The first-order valence-corrected chi connectivity index (χ1v) is 30.2. The van der Waals surface area contributed by atoms with Crippen molar-refractivity contribution in [3.05, 3.63) is 128 Å². The van der Waals surface area contributed by atoms with Crippen molar-refractivity contribution in [3.8, 4) is 39.9 Å². The molecule has 0 saturated carbocycles. The first kappa shape index (κ1) is 58.4. The molecule has 8 bridgehead atoms. The van der Waals surface area contributed by atoms with Crippen LogP contribution in [0.4, 0.5) is 10.5 Å². The maximum absolute atomic E-state index is 15.9. The van der Waals surface area contributed by atoms with Crippen molar-refractivity contribution in [2.24, 2.45) is 10.3 Å². The number of alkyl carbamates (subject to hydrolysis) is 1. The van der Waals surface area contributed by atoms with Crippen LogP contribution in [-0.4, -0.2) is 89.8 Å². The molecule has 1 saturated heterocycles. The van der Waals surface area contributed by atoms with Crippen LogP contribution in [0, 0.1) is 0 Å². The Morgan fingerprint density at radius 1 is 0.797 bits per heavy atom. The topological polar surface area (TPSA) is 209 Å². The third-order valence-electron chi connectivity index (χ3n) is 14.3. The number of carbonyl (C=O) groups is 4. The van der Waals surface area contributed by atoms with E-state index < -0.39 is 73.0 Å². The number of nitrogens with zero attached hydrogens (tertiary/aromatic N) is 3. The van der Waals surface area contributed by atoms with Gasteiger partial charge in [0.1, 0.15) is 52.4 Å². The number of halogens is 2. The first-order valence-electron chi connectivity index (χ1n) is 26.1. The molecule has 0 spiro atoms. The van der Waals surface area contributed by atoms with Crippen molar-refractivity contribution in [2.75, 3.05) is 41.0 Å². The molecule has 0 radical (unpaired) electrons. The summed E-state index contributed by atoms with van der Waals surface area (Å²) in [6.45, 7) is 16.9. The van der Waals surface area contributed by atoms with Crippen molar-refractivity contribution in [2.45, 2.75) is 115 Å². The Labute approximate surface area is 475 Å². The predicted molar refractivity (Wildman–Crippen MR) is 305 cm³/mol. The number of carbonyl (C=O) groups excluding carboxylic acids is 4. The Morgan fingerprint density at radius 2 is 1.51 bits per heavy atom. The van der Waals surface area contributed by atoms with E-state index in [1.807, 2.05) is 48.4 Å². The largest absolute Gasteiger partial charge is 0.497 e. The molecule has 5 atom stereocenters. The molecule has 4 amide bonds. The van der Waals surface area contributed by atoms with Crippen molar-refractivity contribution in [1.29, 1.82) is 0 Å². The van der Waals surface area contributed by atoms with E-state index in [0.29, 0.717) is 57.1 Å². The summed E-state index contributed by atoms with van der Waals surface area (Å²) in [5.41, 5.74) is 2.49. The number of ether oxygens (including phenoxy) is 6. The summed E-state index contributed by atoms with van der Waals surface area (Å²) < 4.78 is 44.5. The molecular formula is C58H69BrClN7O11Si. The van der Waals surface area contributed by atoms with Crippen molar-refractivity contribution >= 4 is 65.4 Å². The number of rotatable bonds is 12. The second kappa shape index (κ2) is 24.3. The predicted octanol–water partition coefficient (Wildman–Crippen LogP) is 12.1. The Morgan fingerprint density at radius 3 is 2.16 bits per heavy atom. The second-order valence-corrected chi connectivity index (χ2v) is 28.1. The van der Waals surface area contributed by atoms with Crippen LogP contribution in [0.2, 0.25) is 23.2 Å². The summed E-state index contributed by atoms with van der Waals surface area (Å²) in [4.78, 5) is 61.1. The normalized spacial score (nSPS) is 19.8. The minimum atomic E-state index is -2.91. The molecule has 5 aromatic carbocycles. The Bertz CT molecular complexity index is 3110. The fraction of sp³-hybridized carbons (Fsp3) is 0.414. The number of methoxy groups -OCH3 is 3. The minimum absolute atomic E-state index is 0.0706. The lowest BCUT2D eigenvalue weighted by Crippen LogP contribution is -2.57. The van der Waals surface area contributed by atoms with Gasteiger partial charge in [-0.15, -0.1) is 5.11 Å². The molecule has 0 aliphatic carbocycles. The van der Waals surface area contributed by atoms with Crippen LogP contribution >= 0.6 is 27.5 Å². The van der Waals surface area contributed by atoms with Gasteiger partial charge in [-0.25, -0.2) is 4.79 Å². The number of hydrogen-bond acceptors (Lipinski definition) is 13. The quantitative estimate of drug-likeness (QED) is 0.0679. The number of hydrogen-bond donors (Lipinski definition) is 4. The van der Waals surface area contributed by atoms with Gasteiger partial charge >= 0.3 is 6.09 Å². The van der Waals surface area contributed by atoms with Gasteiger partial charge in [-0.1, -0.05) is 80.1 Å². The van der Waals surface area contributed by atoms with Gasteiger partial charge in [0.25, 0.3) is 0 Å². The second-order valence-electron chi connectivity index (χ2n) is 22.1. The van der Waals surface area contributed by atoms with Gasteiger partial charge in [-0.05, 0) is 138 Å².